The first kappa shape index (κ1) is 4.04. The van der Waals surface area contributed by atoms with Crippen LogP contribution in [0.25, 0.3) is 0 Å². The van der Waals surface area contributed by atoms with Gasteiger partial charge in [0.25, 0.3) is 0 Å². The van der Waals surface area contributed by atoms with E-state index in [0.717, 1.165) is 5.01 Å². The third kappa shape index (κ3) is 0.510. The zero-order valence-corrected chi connectivity index (χ0v) is 3.75. The lowest BCUT2D eigenvalue weighted by Crippen LogP contribution is -2.26. The van der Waals surface area contributed by atoms with Crippen LogP contribution >= 0.6 is 0 Å². The Morgan fingerprint density at radius 1 is 2.00 bits per heavy atom. The summed E-state index contributed by atoms with van der Waals surface area (Å²) in [5.74, 6) is 0. The van der Waals surface area contributed by atoms with Gasteiger partial charge < -0.3 is 0 Å². The van der Waals surface area contributed by atoms with Crippen molar-refractivity contribution in [2.75, 3.05) is 7.05 Å². The Kier molecular flexibility index (Phi) is 0.680. The maximum absolute atomic E-state index is 10.2. The van der Waals surface area contributed by atoms with Gasteiger partial charge in [-0.15, -0.1) is 0 Å². The summed E-state index contributed by atoms with van der Waals surface area (Å²) < 4.78 is 0. The number of nitrogens with zero attached hydrogens (tertiary/aromatic N) is 3. The molecule has 0 aromatic carbocycles. The number of amides is 2. The SMILES string of the molecule is CN1[N+]=NNC1=O. The molecule has 0 spiro atoms. The van der Waals surface area contributed by atoms with Crippen LogP contribution in [-0.4, -0.2) is 18.1 Å². The predicted octanol–water partition coefficient (Wildman–Crippen LogP) is -0.741. The molecule has 0 unspecified atom stereocenters. The highest BCUT2D eigenvalue weighted by molar-refractivity contribution is 5.73. The van der Waals surface area contributed by atoms with E-state index in [0.29, 0.717) is 0 Å². The van der Waals surface area contributed by atoms with E-state index in [2.05, 4.69) is 15.9 Å². The van der Waals surface area contributed by atoms with Crippen LogP contribution in [0.3, 0.4) is 0 Å². The van der Waals surface area contributed by atoms with E-state index in [1.54, 1.807) is 0 Å². The van der Waals surface area contributed by atoms with Crippen molar-refractivity contribution >= 4 is 6.03 Å². The fraction of sp³-hybridized carbons (Fsp3) is 0.500. The zero-order valence-electron chi connectivity index (χ0n) is 3.75. The minimum atomic E-state index is -0.292. The number of hydrogen-bond donors (Lipinski definition) is 1. The van der Waals surface area contributed by atoms with Gasteiger partial charge in [0.05, 0.1) is 7.05 Å². The lowest BCUT2D eigenvalue weighted by atomic mass is 11.0. The normalized spacial score (nSPS) is 17.9. The van der Waals surface area contributed by atoms with Crippen LogP contribution < -0.4 is 10.6 Å². The Labute approximate surface area is 40.0 Å². The highest BCUT2D eigenvalue weighted by Gasteiger charge is 2.22. The summed E-state index contributed by atoms with van der Waals surface area (Å²) in [6, 6.07) is -0.292. The molecule has 0 atom stereocenters. The Hall–Kier alpha value is -1.13. The molecule has 1 rings (SSSR count). The van der Waals surface area contributed by atoms with E-state index in [4.69, 9.17) is 0 Å². The second-order valence-corrected chi connectivity index (χ2v) is 1.13. The molecule has 5 nitrogen and oxygen atoms in total. The summed E-state index contributed by atoms with van der Waals surface area (Å²) >= 11 is 0. The molecule has 1 radical (unpaired) electrons. The van der Waals surface area contributed by atoms with Gasteiger partial charge in [0.2, 0.25) is 0 Å². The lowest BCUT2D eigenvalue weighted by molar-refractivity contribution is 0.215. The number of carbonyl (C=O) groups excluding carboxylic acids is 1. The Balaban J connectivity index is 2.62. The molecule has 0 saturated heterocycles. The first-order valence-corrected chi connectivity index (χ1v) is 1.75. The topological polar surface area (TPSA) is 58.8 Å². The van der Waals surface area contributed by atoms with Gasteiger partial charge in [-0.2, -0.15) is 0 Å². The average molecular weight is 100 g/mol. The molecular weight excluding hydrogens is 96.0 g/mol. The molecular formula is C2H4N4O+. The average Bonchev–Trinajstić information content (AvgIpc) is 1.91. The molecule has 1 aliphatic heterocycles. The van der Waals surface area contributed by atoms with Crippen molar-refractivity contribution in [1.29, 1.82) is 0 Å². The minimum Gasteiger partial charge on any atom is -0.214 e. The largest absolute Gasteiger partial charge is 0.469 e. The van der Waals surface area contributed by atoms with Crippen LogP contribution in [0.15, 0.2) is 5.22 Å². The molecule has 0 bridgehead atoms. The van der Waals surface area contributed by atoms with Crippen molar-refractivity contribution in [2.24, 2.45) is 5.22 Å². The quantitative estimate of drug-likeness (QED) is 0.428. The second-order valence-electron chi connectivity index (χ2n) is 1.13. The van der Waals surface area contributed by atoms with E-state index < -0.39 is 0 Å². The molecule has 0 aromatic rings. The predicted molar refractivity (Wildman–Crippen MR) is 20.9 cm³/mol. The lowest BCUT2D eigenvalue weighted by Gasteiger charge is -1.82. The summed E-state index contributed by atoms with van der Waals surface area (Å²) in [6.07, 6.45) is 0. The van der Waals surface area contributed by atoms with Crippen molar-refractivity contribution in [1.82, 2.24) is 15.7 Å². The van der Waals surface area contributed by atoms with Gasteiger partial charge in [0.1, 0.15) is 0 Å². The molecule has 1 heterocycles. The highest BCUT2D eigenvalue weighted by atomic mass is 16.2. The fourth-order valence-corrected chi connectivity index (χ4v) is 0.245. The molecule has 0 fully saturated rings. The third-order valence-electron chi connectivity index (χ3n) is 0.618. The molecule has 0 saturated carbocycles. The molecule has 37 valence electrons. The van der Waals surface area contributed by atoms with Gasteiger partial charge in [0.15, 0.2) is 10.4 Å². The maximum Gasteiger partial charge on any atom is 0.469 e. The van der Waals surface area contributed by atoms with Gasteiger partial charge in [-0.05, 0) is 0 Å². The van der Waals surface area contributed by atoms with Crippen LogP contribution in [0.5, 0.6) is 0 Å². The van der Waals surface area contributed by atoms with Crippen LogP contribution in [0.4, 0.5) is 4.79 Å². The van der Waals surface area contributed by atoms with Crippen molar-refractivity contribution in [3.63, 3.8) is 0 Å². The van der Waals surface area contributed by atoms with Crippen LogP contribution in [0.1, 0.15) is 0 Å². The van der Waals surface area contributed by atoms with E-state index in [1.807, 2.05) is 0 Å². The number of carbonyl (C=O) groups is 1. The number of hydrogen-bond acceptors (Lipinski definition) is 3. The Morgan fingerprint density at radius 3 is 2.86 bits per heavy atom. The van der Waals surface area contributed by atoms with Crippen LogP contribution in [0.2, 0.25) is 0 Å². The highest BCUT2D eigenvalue weighted by Crippen LogP contribution is 1.81. The summed E-state index contributed by atoms with van der Waals surface area (Å²) in [7, 11) is 1.52. The summed E-state index contributed by atoms with van der Waals surface area (Å²) in [6.45, 7) is 0. The van der Waals surface area contributed by atoms with E-state index in [9.17, 15) is 4.79 Å². The van der Waals surface area contributed by atoms with Gasteiger partial charge in [0, 0.05) is 0 Å². The molecule has 1 aliphatic rings. The smallest absolute Gasteiger partial charge is 0.214 e. The molecule has 1 N–H and O–H groups in total. The Morgan fingerprint density at radius 2 is 2.71 bits per heavy atom. The van der Waals surface area contributed by atoms with E-state index in [-0.39, 0.29) is 6.03 Å². The molecule has 7 heavy (non-hydrogen) atoms. The van der Waals surface area contributed by atoms with Gasteiger partial charge in [-0.1, -0.05) is 10.4 Å². The van der Waals surface area contributed by atoms with Crippen molar-refractivity contribution in [2.45, 2.75) is 0 Å². The molecule has 2 amide bonds. The summed E-state index contributed by atoms with van der Waals surface area (Å²) in [5, 5.41) is 7.62. The van der Waals surface area contributed by atoms with Crippen molar-refractivity contribution in [3.05, 3.63) is 0 Å². The second kappa shape index (κ2) is 1.18. The van der Waals surface area contributed by atoms with Crippen molar-refractivity contribution in [3.8, 4) is 0 Å². The summed E-state index contributed by atoms with van der Waals surface area (Å²) in [4.78, 5) is 10.2. The van der Waals surface area contributed by atoms with Crippen molar-refractivity contribution < 1.29 is 4.79 Å². The third-order valence-corrected chi connectivity index (χ3v) is 0.618. The monoisotopic (exact) mass is 100 g/mol. The number of urea groups is 1. The maximum atomic E-state index is 10.2. The minimum absolute atomic E-state index is 0.292. The number of rotatable bonds is 0. The molecule has 0 aromatic heterocycles. The van der Waals surface area contributed by atoms with E-state index in [1.165, 1.54) is 7.05 Å². The van der Waals surface area contributed by atoms with Crippen LogP contribution in [0, 0.1) is 0 Å². The van der Waals surface area contributed by atoms with Gasteiger partial charge in [-0.25, -0.2) is 4.79 Å². The fourth-order valence-electron chi connectivity index (χ4n) is 0.245. The van der Waals surface area contributed by atoms with Gasteiger partial charge in [-0.3, -0.25) is 0 Å². The summed E-state index contributed by atoms with van der Waals surface area (Å²) in [5.41, 5.74) is 2.11. The van der Waals surface area contributed by atoms with Gasteiger partial charge >= 0.3 is 6.03 Å². The first-order chi connectivity index (χ1) is 3.30. The molecule has 0 aliphatic carbocycles. The first-order valence-electron chi connectivity index (χ1n) is 1.75. The van der Waals surface area contributed by atoms with E-state index >= 15 is 0 Å². The van der Waals surface area contributed by atoms with Crippen LogP contribution in [-0.2, 0) is 0 Å². The molecule has 5 heteroatoms. The number of nitrogens with one attached hydrogen (secondary N) is 1. The Bertz CT molecular complexity index is 119. The zero-order chi connectivity index (χ0) is 5.28. The standard InChI is InChI=1S/C2H4N4O/c1-6-2(7)3-4-5-6/h1H3,(H,3,7)/q+1.